The smallest absolute Gasteiger partial charge is 0.201 e. The summed E-state index contributed by atoms with van der Waals surface area (Å²) in [5, 5.41) is 0. The first-order valence-electron chi connectivity index (χ1n) is 13.3. The Labute approximate surface area is 212 Å². The van der Waals surface area contributed by atoms with Crippen LogP contribution in [0.25, 0.3) is 11.1 Å². The average molecular weight is 501 g/mol. The van der Waals surface area contributed by atoms with Crippen molar-refractivity contribution in [2.24, 2.45) is 17.8 Å². The van der Waals surface area contributed by atoms with Gasteiger partial charge in [-0.1, -0.05) is 42.9 Å². The molecule has 0 aliphatic heterocycles. The van der Waals surface area contributed by atoms with Crippen LogP contribution in [-0.2, 0) is 0 Å². The summed E-state index contributed by atoms with van der Waals surface area (Å²) < 4.78 is 64.9. The molecule has 0 heterocycles. The normalized spacial score (nSPS) is 24.4. The van der Waals surface area contributed by atoms with Gasteiger partial charge in [-0.3, -0.25) is 0 Å². The van der Waals surface area contributed by atoms with E-state index in [9.17, 15) is 8.78 Å². The van der Waals surface area contributed by atoms with E-state index in [0.717, 1.165) is 38.0 Å². The topological polar surface area (TPSA) is 9.23 Å². The fourth-order valence-corrected chi connectivity index (χ4v) is 6.20. The van der Waals surface area contributed by atoms with Gasteiger partial charge in [0.2, 0.25) is 5.82 Å². The average Bonchev–Trinajstić information content (AvgIpc) is 2.88. The number of allylic oxidation sites excluding steroid dienone is 3. The van der Waals surface area contributed by atoms with Gasteiger partial charge in [0.25, 0.3) is 0 Å². The monoisotopic (exact) mass is 500 g/mol. The van der Waals surface area contributed by atoms with E-state index in [-0.39, 0.29) is 29.4 Å². The van der Waals surface area contributed by atoms with Crippen molar-refractivity contribution in [3.05, 3.63) is 77.4 Å². The summed E-state index contributed by atoms with van der Waals surface area (Å²) in [4.78, 5) is 0. The van der Waals surface area contributed by atoms with Gasteiger partial charge in [-0.2, -0.15) is 4.39 Å². The van der Waals surface area contributed by atoms with Crippen LogP contribution in [0.1, 0.15) is 76.7 Å². The summed E-state index contributed by atoms with van der Waals surface area (Å²) in [6, 6.07) is 5.44. The zero-order chi connectivity index (χ0) is 25.7. The van der Waals surface area contributed by atoms with E-state index in [1.165, 1.54) is 37.5 Å². The van der Waals surface area contributed by atoms with Gasteiger partial charge in [0.1, 0.15) is 6.61 Å². The maximum Gasteiger partial charge on any atom is 0.201 e. The largest absolute Gasteiger partial charge is 0.486 e. The fraction of sp³-hybridized carbons (Fsp3) is 0.484. The Kier molecular flexibility index (Phi) is 8.92. The van der Waals surface area contributed by atoms with Gasteiger partial charge in [-0.05, 0) is 100 Å². The van der Waals surface area contributed by atoms with Crippen molar-refractivity contribution < 1.29 is 22.3 Å². The Bertz CT molecular complexity index is 1110. The Morgan fingerprint density at radius 1 is 0.750 bits per heavy atom. The predicted octanol–water partition coefficient (Wildman–Crippen LogP) is 9.52. The Balaban J connectivity index is 1.48. The molecule has 4 rings (SSSR count). The molecule has 2 fully saturated rings. The molecule has 0 amide bonds. The second-order valence-corrected chi connectivity index (χ2v) is 10.3. The fourth-order valence-electron chi connectivity index (χ4n) is 6.20. The van der Waals surface area contributed by atoms with Crippen LogP contribution in [0, 0.1) is 41.0 Å². The van der Waals surface area contributed by atoms with Gasteiger partial charge in [0.15, 0.2) is 23.2 Å². The molecular weight excluding hydrogens is 464 g/mol. The van der Waals surface area contributed by atoms with Gasteiger partial charge in [0.05, 0.1) is 0 Å². The lowest BCUT2D eigenvalue weighted by atomic mass is 9.63. The molecule has 4 unspecified atom stereocenters. The molecule has 0 bridgehead atoms. The lowest BCUT2D eigenvalue weighted by molar-refractivity contribution is 0.114. The van der Waals surface area contributed by atoms with Crippen molar-refractivity contribution in [3.63, 3.8) is 0 Å². The molecule has 4 atom stereocenters. The highest BCUT2D eigenvalue weighted by Crippen LogP contribution is 2.49. The first kappa shape index (κ1) is 26.5. The van der Waals surface area contributed by atoms with Crippen LogP contribution in [0.15, 0.2) is 48.6 Å². The summed E-state index contributed by atoms with van der Waals surface area (Å²) in [5.74, 6) is -2.84. The standard InChI is InChI=1S/C31H36F4O/c1-3-5-7-8-20-9-10-22-19-23(12-11-21(22)18-20)24-13-14-25(29(33)28(24)32)26-15-16-27(31(35)30(26)34)36-17-6-4-2/h3-6,13-16,20-23H,7-12,17-19H2,1-2H3/b5-3+,6-4+. The van der Waals surface area contributed by atoms with Crippen LogP contribution in [0.3, 0.4) is 0 Å². The highest BCUT2D eigenvalue weighted by Gasteiger charge is 2.37. The number of ether oxygens (including phenoxy) is 1. The zero-order valence-corrected chi connectivity index (χ0v) is 21.2. The molecule has 2 aromatic rings. The lowest BCUT2D eigenvalue weighted by Gasteiger charge is -2.42. The molecule has 2 saturated carbocycles. The maximum atomic E-state index is 15.3. The Hall–Kier alpha value is -2.56. The number of rotatable bonds is 8. The third-order valence-corrected chi connectivity index (χ3v) is 8.16. The molecular formula is C31H36F4O. The molecule has 5 heteroatoms. The summed E-state index contributed by atoms with van der Waals surface area (Å²) in [5.41, 5.74) is -0.228. The first-order valence-corrected chi connectivity index (χ1v) is 13.3. The van der Waals surface area contributed by atoms with Crippen molar-refractivity contribution in [1.82, 2.24) is 0 Å². The Morgan fingerprint density at radius 3 is 2.17 bits per heavy atom. The number of hydrogen-bond donors (Lipinski definition) is 0. The van der Waals surface area contributed by atoms with Gasteiger partial charge in [0, 0.05) is 11.1 Å². The van der Waals surface area contributed by atoms with Gasteiger partial charge < -0.3 is 4.74 Å². The minimum atomic E-state index is -1.24. The van der Waals surface area contributed by atoms with Gasteiger partial charge >= 0.3 is 0 Å². The molecule has 2 aliphatic rings. The SMILES string of the molecule is C/C=C/CCC1CCC2CC(c3ccc(-c4ccc(OC/C=C/C)c(F)c4F)c(F)c3F)CCC2C1. The molecule has 2 aliphatic carbocycles. The van der Waals surface area contributed by atoms with E-state index in [4.69, 9.17) is 4.74 Å². The molecule has 0 radical (unpaired) electrons. The predicted molar refractivity (Wildman–Crippen MR) is 137 cm³/mol. The van der Waals surface area contributed by atoms with Crippen molar-refractivity contribution >= 4 is 0 Å². The van der Waals surface area contributed by atoms with E-state index < -0.39 is 23.3 Å². The molecule has 0 saturated heterocycles. The molecule has 0 spiro atoms. The van der Waals surface area contributed by atoms with E-state index >= 15 is 8.78 Å². The van der Waals surface area contributed by atoms with Crippen molar-refractivity contribution in [2.75, 3.05) is 6.61 Å². The first-order chi connectivity index (χ1) is 17.4. The summed E-state index contributed by atoms with van der Waals surface area (Å²) in [6.07, 6.45) is 16.4. The Morgan fingerprint density at radius 2 is 1.42 bits per heavy atom. The third kappa shape index (κ3) is 5.71. The van der Waals surface area contributed by atoms with Crippen molar-refractivity contribution in [1.29, 1.82) is 0 Å². The number of benzene rings is 2. The van der Waals surface area contributed by atoms with E-state index in [0.29, 0.717) is 17.4 Å². The zero-order valence-electron chi connectivity index (χ0n) is 21.2. The highest BCUT2D eigenvalue weighted by atomic mass is 19.2. The van der Waals surface area contributed by atoms with Crippen molar-refractivity contribution in [2.45, 2.75) is 71.1 Å². The van der Waals surface area contributed by atoms with Crippen LogP contribution in [0.4, 0.5) is 17.6 Å². The summed E-state index contributed by atoms with van der Waals surface area (Å²) in [6.45, 7) is 3.93. The number of hydrogen-bond acceptors (Lipinski definition) is 1. The third-order valence-electron chi connectivity index (χ3n) is 8.16. The van der Waals surface area contributed by atoms with E-state index in [1.54, 1.807) is 25.1 Å². The second kappa shape index (κ2) is 12.1. The quantitative estimate of drug-likeness (QED) is 0.259. The molecule has 36 heavy (non-hydrogen) atoms. The number of halogens is 4. The minimum absolute atomic E-state index is 0.0432. The molecule has 194 valence electrons. The van der Waals surface area contributed by atoms with E-state index in [1.807, 2.05) is 0 Å². The van der Waals surface area contributed by atoms with Crippen LogP contribution in [0.5, 0.6) is 5.75 Å². The lowest BCUT2D eigenvalue weighted by Crippen LogP contribution is -2.30. The summed E-state index contributed by atoms with van der Waals surface area (Å²) in [7, 11) is 0. The minimum Gasteiger partial charge on any atom is -0.486 e. The molecule has 0 N–H and O–H groups in total. The highest BCUT2D eigenvalue weighted by molar-refractivity contribution is 5.66. The second-order valence-electron chi connectivity index (χ2n) is 10.3. The van der Waals surface area contributed by atoms with Crippen LogP contribution >= 0.6 is 0 Å². The number of fused-ring (bicyclic) bond motifs is 1. The summed E-state index contributed by atoms with van der Waals surface area (Å²) >= 11 is 0. The van der Waals surface area contributed by atoms with Crippen LogP contribution in [-0.4, -0.2) is 6.61 Å². The maximum absolute atomic E-state index is 15.3. The van der Waals surface area contributed by atoms with Gasteiger partial charge in [-0.15, -0.1) is 0 Å². The molecule has 1 nitrogen and oxygen atoms in total. The van der Waals surface area contributed by atoms with E-state index in [2.05, 4.69) is 19.1 Å². The van der Waals surface area contributed by atoms with Gasteiger partial charge in [-0.25, -0.2) is 13.2 Å². The molecule has 0 aromatic heterocycles. The van der Waals surface area contributed by atoms with Crippen molar-refractivity contribution in [3.8, 4) is 16.9 Å². The van der Waals surface area contributed by atoms with Crippen LogP contribution in [0.2, 0.25) is 0 Å². The van der Waals surface area contributed by atoms with Crippen LogP contribution < -0.4 is 4.74 Å². The molecule has 2 aromatic carbocycles.